The van der Waals surface area contributed by atoms with Gasteiger partial charge in [-0.15, -0.1) is 0 Å². The number of benzene rings is 1. The Morgan fingerprint density at radius 3 is 2.69 bits per heavy atom. The van der Waals surface area contributed by atoms with Crippen LogP contribution >= 0.6 is 0 Å². The molecule has 1 aliphatic carbocycles. The van der Waals surface area contributed by atoms with Crippen LogP contribution in [0.1, 0.15) is 31.7 Å². The highest BCUT2D eigenvalue weighted by Crippen LogP contribution is 2.48. The van der Waals surface area contributed by atoms with Crippen LogP contribution < -0.4 is 11.1 Å². The van der Waals surface area contributed by atoms with Gasteiger partial charge in [-0.3, -0.25) is 0 Å². The van der Waals surface area contributed by atoms with Crippen LogP contribution in [-0.4, -0.2) is 6.54 Å². The fraction of sp³-hybridized carbons (Fsp3) is 0.538. The molecule has 0 aromatic heterocycles. The lowest BCUT2D eigenvalue weighted by Gasteiger charge is -2.16. The number of hydrogen-bond acceptors (Lipinski definition) is 2. The molecule has 3 heteroatoms. The van der Waals surface area contributed by atoms with Gasteiger partial charge < -0.3 is 11.1 Å². The average molecular weight is 222 g/mol. The second-order valence-corrected chi connectivity index (χ2v) is 4.90. The number of nitrogen functional groups attached to an aromatic ring is 1. The van der Waals surface area contributed by atoms with Crippen molar-refractivity contribution in [3.05, 3.63) is 23.5 Å². The Hall–Kier alpha value is -1.25. The molecule has 0 amide bonds. The maximum Gasteiger partial charge on any atom is 0.128 e. The molecule has 1 fully saturated rings. The van der Waals surface area contributed by atoms with Crippen LogP contribution in [0.3, 0.4) is 0 Å². The van der Waals surface area contributed by atoms with E-state index < -0.39 is 0 Å². The van der Waals surface area contributed by atoms with E-state index in [-0.39, 0.29) is 5.82 Å². The summed E-state index contributed by atoms with van der Waals surface area (Å²) in [6.45, 7) is 4.92. The summed E-state index contributed by atoms with van der Waals surface area (Å²) in [7, 11) is 0. The summed E-state index contributed by atoms with van der Waals surface area (Å²) in [6.07, 6.45) is 3.77. The molecule has 0 unspecified atom stereocenters. The second-order valence-electron chi connectivity index (χ2n) is 4.90. The first kappa shape index (κ1) is 11.2. The summed E-state index contributed by atoms with van der Waals surface area (Å²) in [4.78, 5) is 0. The van der Waals surface area contributed by atoms with Gasteiger partial charge in [0.15, 0.2) is 0 Å². The zero-order valence-corrected chi connectivity index (χ0v) is 9.94. The molecular formula is C13H19FN2. The van der Waals surface area contributed by atoms with Crippen LogP contribution in [0.4, 0.5) is 15.8 Å². The van der Waals surface area contributed by atoms with Gasteiger partial charge in [0.2, 0.25) is 0 Å². The Bertz CT molecular complexity index is 397. The van der Waals surface area contributed by atoms with Crippen LogP contribution in [-0.2, 0) is 0 Å². The fourth-order valence-electron chi connectivity index (χ4n) is 1.96. The monoisotopic (exact) mass is 222 g/mol. The molecular weight excluding hydrogens is 203 g/mol. The first-order valence-corrected chi connectivity index (χ1v) is 5.86. The molecule has 0 spiro atoms. The highest BCUT2D eigenvalue weighted by molar-refractivity contribution is 5.67. The predicted octanol–water partition coefficient (Wildman–Crippen LogP) is 3.32. The van der Waals surface area contributed by atoms with Crippen LogP contribution in [0.25, 0.3) is 0 Å². The molecule has 1 aliphatic rings. The normalized spacial score (nSPS) is 17.2. The van der Waals surface area contributed by atoms with Crippen molar-refractivity contribution in [1.82, 2.24) is 0 Å². The Labute approximate surface area is 96.0 Å². The maximum absolute atomic E-state index is 13.2. The third-order valence-corrected chi connectivity index (χ3v) is 3.69. The molecule has 3 N–H and O–H groups in total. The smallest absolute Gasteiger partial charge is 0.128 e. The lowest BCUT2D eigenvalue weighted by molar-refractivity contribution is 0.521. The first-order chi connectivity index (χ1) is 7.56. The van der Waals surface area contributed by atoms with Gasteiger partial charge >= 0.3 is 0 Å². The maximum atomic E-state index is 13.2. The van der Waals surface area contributed by atoms with Crippen LogP contribution in [0.15, 0.2) is 12.1 Å². The van der Waals surface area contributed by atoms with E-state index in [0.29, 0.717) is 16.7 Å². The Kier molecular flexibility index (Phi) is 2.78. The third-order valence-electron chi connectivity index (χ3n) is 3.69. The molecule has 1 aromatic carbocycles. The fourth-order valence-corrected chi connectivity index (χ4v) is 1.96. The van der Waals surface area contributed by atoms with Crippen molar-refractivity contribution in [2.75, 3.05) is 17.6 Å². The highest BCUT2D eigenvalue weighted by Gasteiger charge is 2.40. The molecule has 1 saturated carbocycles. The minimum atomic E-state index is -0.236. The van der Waals surface area contributed by atoms with Crippen LogP contribution in [0.5, 0.6) is 0 Å². The molecule has 2 nitrogen and oxygen atoms in total. The average Bonchev–Trinajstić information content (AvgIpc) is 3.02. The van der Waals surface area contributed by atoms with E-state index in [9.17, 15) is 4.39 Å². The molecule has 0 radical (unpaired) electrons. The molecule has 0 atom stereocenters. The number of anilines is 2. The SMILES string of the molecule is CCC1(CNc2cc(C)c(F)cc2N)CC1. The van der Waals surface area contributed by atoms with E-state index in [1.165, 1.54) is 25.3 Å². The number of nitrogens with two attached hydrogens (primary N) is 1. The standard InChI is InChI=1S/C13H19FN2/c1-3-13(4-5-13)8-16-12-6-9(2)10(14)7-11(12)15/h6-7,16H,3-5,8,15H2,1-2H3. The number of nitrogens with one attached hydrogen (secondary N) is 1. The van der Waals surface area contributed by atoms with Crippen molar-refractivity contribution in [1.29, 1.82) is 0 Å². The van der Waals surface area contributed by atoms with Gasteiger partial charge in [0.25, 0.3) is 0 Å². The zero-order chi connectivity index (χ0) is 11.8. The van der Waals surface area contributed by atoms with Gasteiger partial charge in [-0.25, -0.2) is 4.39 Å². The predicted molar refractivity (Wildman–Crippen MR) is 66.0 cm³/mol. The van der Waals surface area contributed by atoms with Crippen molar-refractivity contribution in [2.45, 2.75) is 33.1 Å². The van der Waals surface area contributed by atoms with Gasteiger partial charge in [-0.1, -0.05) is 6.92 Å². The summed E-state index contributed by atoms with van der Waals surface area (Å²) in [6, 6.07) is 3.18. The molecule has 1 aromatic rings. The van der Waals surface area contributed by atoms with Crippen molar-refractivity contribution in [2.24, 2.45) is 5.41 Å². The van der Waals surface area contributed by atoms with Crippen molar-refractivity contribution < 1.29 is 4.39 Å². The van der Waals surface area contributed by atoms with E-state index in [1.54, 1.807) is 13.0 Å². The zero-order valence-electron chi connectivity index (χ0n) is 9.94. The molecule has 16 heavy (non-hydrogen) atoms. The third kappa shape index (κ3) is 2.13. The molecule has 0 aliphatic heterocycles. The van der Waals surface area contributed by atoms with Crippen molar-refractivity contribution in [3.63, 3.8) is 0 Å². The van der Waals surface area contributed by atoms with E-state index in [2.05, 4.69) is 12.2 Å². The number of hydrogen-bond donors (Lipinski definition) is 2. The Balaban J connectivity index is 2.07. The highest BCUT2D eigenvalue weighted by atomic mass is 19.1. The molecule has 0 bridgehead atoms. The number of aryl methyl sites for hydroxylation is 1. The van der Waals surface area contributed by atoms with E-state index in [0.717, 1.165) is 12.2 Å². The number of halogens is 1. The summed E-state index contributed by atoms with van der Waals surface area (Å²) >= 11 is 0. The van der Waals surface area contributed by atoms with Gasteiger partial charge in [-0.05, 0) is 49.3 Å². The topological polar surface area (TPSA) is 38.0 Å². The van der Waals surface area contributed by atoms with Crippen LogP contribution in [0, 0.1) is 18.2 Å². The van der Waals surface area contributed by atoms with Gasteiger partial charge in [0.1, 0.15) is 5.82 Å². The molecule has 0 saturated heterocycles. The summed E-state index contributed by atoms with van der Waals surface area (Å²) < 4.78 is 13.2. The van der Waals surface area contributed by atoms with E-state index in [1.807, 2.05) is 0 Å². The Morgan fingerprint density at radius 2 is 2.12 bits per heavy atom. The van der Waals surface area contributed by atoms with Gasteiger partial charge in [-0.2, -0.15) is 0 Å². The summed E-state index contributed by atoms with van der Waals surface area (Å²) in [5.41, 5.74) is 8.24. The first-order valence-electron chi connectivity index (χ1n) is 5.86. The molecule has 2 rings (SSSR count). The minimum Gasteiger partial charge on any atom is -0.397 e. The summed E-state index contributed by atoms with van der Waals surface area (Å²) in [5, 5.41) is 3.34. The summed E-state index contributed by atoms with van der Waals surface area (Å²) in [5.74, 6) is -0.236. The molecule has 0 heterocycles. The Morgan fingerprint density at radius 1 is 1.44 bits per heavy atom. The minimum absolute atomic E-state index is 0.236. The number of rotatable bonds is 4. The quantitative estimate of drug-likeness (QED) is 0.767. The molecule has 88 valence electrons. The van der Waals surface area contributed by atoms with E-state index >= 15 is 0 Å². The largest absolute Gasteiger partial charge is 0.397 e. The van der Waals surface area contributed by atoms with Gasteiger partial charge in [0, 0.05) is 6.54 Å². The lowest BCUT2D eigenvalue weighted by Crippen LogP contribution is -2.15. The van der Waals surface area contributed by atoms with Crippen molar-refractivity contribution in [3.8, 4) is 0 Å². The van der Waals surface area contributed by atoms with Gasteiger partial charge in [0.05, 0.1) is 11.4 Å². The lowest BCUT2D eigenvalue weighted by atomic mass is 10.0. The second kappa shape index (κ2) is 3.96. The van der Waals surface area contributed by atoms with E-state index in [4.69, 9.17) is 5.73 Å². The van der Waals surface area contributed by atoms with Crippen molar-refractivity contribution >= 4 is 11.4 Å². The van der Waals surface area contributed by atoms with Crippen LogP contribution in [0.2, 0.25) is 0 Å².